The number of hydrogen-bond donors (Lipinski definition) is 1. The molecule has 0 fully saturated rings. The van der Waals surface area contributed by atoms with E-state index in [0.29, 0.717) is 32.3 Å². The van der Waals surface area contributed by atoms with Crippen molar-refractivity contribution < 1.29 is 70.5 Å². The molecule has 23 heteroatoms. The van der Waals surface area contributed by atoms with E-state index in [1.165, 1.54) is 42.5 Å². The Balaban J connectivity index is 0.000000453. The zero-order valence-electron chi connectivity index (χ0n) is 26.4. The standard InChI is InChI=1S/C15H13F3INO2.C14H11F3INO4S.2O2S/c1-20(2)10-3-8-14(13(19)9-10)21-11-4-6-12(7-5-11)22-15(16,17)18;1-24(20,21)19-9-2-7-13(12(18)8-9)22-10-3-5-11(6-4-10)23-14(15,16)17;2*1-3-2/h3-9H,1-2H3;2-8,19H,1H3;;. The fourth-order valence-electron chi connectivity index (χ4n) is 3.38. The van der Waals surface area contributed by atoms with Crippen molar-refractivity contribution in [1.29, 1.82) is 0 Å². The van der Waals surface area contributed by atoms with Gasteiger partial charge in [-0.1, -0.05) is 0 Å². The molecule has 4 aromatic carbocycles. The Hall–Kier alpha value is -3.69. The molecule has 0 aliphatic heterocycles. The molecule has 0 aromatic heterocycles. The third kappa shape index (κ3) is 19.8. The van der Waals surface area contributed by atoms with Crippen LogP contribution in [0.3, 0.4) is 0 Å². The van der Waals surface area contributed by atoms with Crippen LogP contribution in [-0.4, -0.2) is 58.3 Å². The number of hydrogen-bond acceptors (Lipinski definition) is 11. The van der Waals surface area contributed by atoms with Gasteiger partial charge >= 0.3 is 35.9 Å². The average molecular weight is 1020 g/mol. The third-order valence-electron chi connectivity index (χ3n) is 5.24. The van der Waals surface area contributed by atoms with Gasteiger partial charge in [-0.05, 0) is 130 Å². The predicted molar refractivity (Wildman–Crippen MR) is 195 cm³/mol. The number of sulfonamides is 1. The number of nitrogens with one attached hydrogen (secondary N) is 1. The molecule has 0 saturated carbocycles. The SMILES string of the molecule is CN(C)c1ccc(Oc2ccc(OC(F)(F)F)cc2)c(I)c1.CS(=O)(=O)Nc1ccc(Oc2ccc(OC(F)(F)F)cc2)c(I)c1.O=S=O.O=S=O. The third-order valence-corrected chi connectivity index (χ3v) is 7.53. The van der Waals surface area contributed by atoms with Gasteiger partial charge in [-0.2, -0.15) is 16.8 Å². The lowest BCUT2D eigenvalue weighted by Crippen LogP contribution is -2.16. The first-order chi connectivity index (χ1) is 24.1. The van der Waals surface area contributed by atoms with Gasteiger partial charge in [0.25, 0.3) is 0 Å². The lowest BCUT2D eigenvalue weighted by Gasteiger charge is -2.15. The minimum Gasteiger partial charge on any atom is -0.456 e. The maximum absolute atomic E-state index is 12.1. The van der Waals surface area contributed by atoms with Gasteiger partial charge < -0.3 is 23.8 Å². The van der Waals surface area contributed by atoms with Gasteiger partial charge in [-0.3, -0.25) is 4.72 Å². The van der Waals surface area contributed by atoms with Gasteiger partial charge in [0.1, 0.15) is 34.5 Å². The van der Waals surface area contributed by atoms with E-state index in [1.807, 2.05) is 59.8 Å². The summed E-state index contributed by atoms with van der Waals surface area (Å²) in [6, 6.07) is 20.5. The number of benzene rings is 4. The lowest BCUT2D eigenvalue weighted by atomic mass is 10.3. The van der Waals surface area contributed by atoms with Crippen LogP contribution in [0.5, 0.6) is 34.5 Å². The van der Waals surface area contributed by atoms with Crippen molar-refractivity contribution in [3.63, 3.8) is 0 Å². The zero-order valence-corrected chi connectivity index (χ0v) is 33.1. The molecule has 0 spiro atoms. The number of alkyl halides is 6. The first-order valence-electron chi connectivity index (χ1n) is 13.2. The first-order valence-corrected chi connectivity index (χ1v) is 18.6. The lowest BCUT2D eigenvalue weighted by molar-refractivity contribution is -0.275. The monoisotopic (exact) mass is 1020 g/mol. The highest BCUT2D eigenvalue weighted by molar-refractivity contribution is 14.1. The molecule has 1 N–H and O–H groups in total. The molecule has 0 saturated heterocycles. The smallest absolute Gasteiger partial charge is 0.456 e. The molecule has 4 aromatic rings. The Kier molecular flexibility index (Phi) is 19.4. The largest absolute Gasteiger partial charge is 0.573 e. The Labute approximate surface area is 327 Å². The second kappa shape index (κ2) is 21.7. The molecule has 0 radical (unpaired) electrons. The second-order valence-corrected chi connectivity index (χ2v) is 13.8. The molecule has 0 amide bonds. The van der Waals surface area contributed by atoms with Crippen LogP contribution in [-0.2, 0) is 33.2 Å². The molecule has 12 nitrogen and oxygen atoms in total. The van der Waals surface area contributed by atoms with Crippen LogP contribution in [0.25, 0.3) is 0 Å². The summed E-state index contributed by atoms with van der Waals surface area (Å²) in [5, 5.41) is 0. The Morgan fingerprint density at radius 2 is 0.962 bits per heavy atom. The maximum Gasteiger partial charge on any atom is 0.573 e. The quantitative estimate of drug-likeness (QED) is 0.128. The molecule has 0 atom stereocenters. The van der Waals surface area contributed by atoms with Crippen molar-refractivity contribution in [1.82, 2.24) is 0 Å². The van der Waals surface area contributed by atoms with Crippen molar-refractivity contribution in [2.75, 3.05) is 30.0 Å². The number of anilines is 2. The molecular formula is C29H24F6I2N2O10S3. The van der Waals surface area contributed by atoms with Crippen LogP contribution < -0.4 is 28.6 Å². The molecule has 0 aliphatic carbocycles. The van der Waals surface area contributed by atoms with E-state index < -0.39 is 45.9 Å². The molecule has 0 aliphatic rings. The van der Waals surface area contributed by atoms with Gasteiger partial charge in [0.15, 0.2) is 0 Å². The summed E-state index contributed by atoms with van der Waals surface area (Å²) in [6.45, 7) is 0. The van der Waals surface area contributed by atoms with Crippen LogP contribution in [0.4, 0.5) is 37.7 Å². The van der Waals surface area contributed by atoms with E-state index in [-0.39, 0.29) is 11.5 Å². The molecule has 52 heavy (non-hydrogen) atoms. The molecule has 284 valence electrons. The fourth-order valence-corrected chi connectivity index (χ4v) is 5.17. The van der Waals surface area contributed by atoms with Crippen LogP contribution >= 0.6 is 45.2 Å². The Bertz CT molecular complexity index is 1910. The van der Waals surface area contributed by atoms with E-state index in [0.717, 1.165) is 27.6 Å². The topological polar surface area (TPSA) is 155 Å². The summed E-state index contributed by atoms with van der Waals surface area (Å²) in [7, 11) is 0.486. The molecule has 0 heterocycles. The number of halogens is 8. The van der Waals surface area contributed by atoms with E-state index in [2.05, 4.69) is 36.8 Å². The summed E-state index contributed by atoms with van der Waals surface area (Å²) >= 11 is 2.60. The van der Waals surface area contributed by atoms with Crippen LogP contribution in [0.2, 0.25) is 0 Å². The number of rotatable bonds is 9. The van der Waals surface area contributed by atoms with Crippen LogP contribution in [0, 0.1) is 7.14 Å². The van der Waals surface area contributed by atoms with Crippen molar-refractivity contribution in [3.05, 3.63) is 92.1 Å². The highest BCUT2D eigenvalue weighted by atomic mass is 127. The van der Waals surface area contributed by atoms with Crippen molar-refractivity contribution in [2.45, 2.75) is 12.7 Å². The molecule has 0 bridgehead atoms. The number of nitrogens with zero attached hydrogens (tertiary/aromatic N) is 1. The van der Waals surface area contributed by atoms with Crippen molar-refractivity contribution >= 4 is 89.7 Å². The fraction of sp³-hybridized carbons (Fsp3) is 0.172. The van der Waals surface area contributed by atoms with Gasteiger partial charge in [0, 0.05) is 25.5 Å². The summed E-state index contributed by atoms with van der Waals surface area (Å²) in [4.78, 5) is 1.97. The van der Waals surface area contributed by atoms with Gasteiger partial charge in [-0.25, -0.2) is 8.42 Å². The first kappa shape index (κ1) is 46.3. The van der Waals surface area contributed by atoms with E-state index in [1.54, 1.807) is 12.1 Å². The highest BCUT2D eigenvalue weighted by Gasteiger charge is 2.31. The molecular weight excluding hydrogens is 1000 g/mol. The highest BCUT2D eigenvalue weighted by Crippen LogP contribution is 2.33. The zero-order chi connectivity index (χ0) is 39.7. The summed E-state index contributed by atoms with van der Waals surface area (Å²) in [5.74, 6) is 1.18. The Morgan fingerprint density at radius 3 is 1.27 bits per heavy atom. The summed E-state index contributed by atoms with van der Waals surface area (Å²) in [5.41, 5.74) is 1.41. The summed E-state index contributed by atoms with van der Waals surface area (Å²) in [6.07, 6.45) is -8.41. The number of ether oxygens (including phenoxy) is 4. The average Bonchev–Trinajstić information content (AvgIpc) is 3.00. The minimum absolute atomic E-state index is 0.280. The normalized spacial score (nSPS) is 10.7. The minimum atomic E-state index is -4.75. The predicted octanol–water partition coefficient (Wildman–Crippen LogP) is 8.06. The van der Waals surface area contributed by atoms with E-state index in [9.17, 15) is 34.8 Å². The van der Waals surface area contributed by atoms with Gasteiger partial charge in [0.2, 0.25) is 10.0 Å². The molecule has 4 rings (SSSR count). The maximum atomic E-state index is 12.1. The van der Waals surface area contributed by atoms with Crippen LogP contribution in [0.15, 0.2) is 84.9 Å². The summed E-state index contributed by atoms with van der Waals surface area (Å²) < 4.78 is 151. The Morgan fingerprint density at radius 1 is 0.615 bits per heavy atom. The van der Waals surface area contributed by atoms with Crippen molar-refractivity contribution in [2.24, 2.45) is 0 Å². The van der Waals surface area contributed by atoms with E-state index in [4.69, 9.17) is 26.3 Å². The van der Waals surface area contributed by atoms with Gasteiger partial charge in [-0.15, -0.1) is 26.3 Å². The van der Waals surface area contributed by atoms with Gasteiger partial charge in [0.05, 0.1) is 13.4 Å². The molecule has 0 unspecified atom stereocenters. The van der Waals surface area contributed by atoms with Crippen molar-refractivity contribution in [3.8, 4) is 34.5 Å². The van der Waals surface area contributed by atoms with E-state index >= 15 is 0 Å². The van der Waals surface area contributed by atoms with Crippen LogP contribution in [0.1, 0.15) is 0 Å². The second-order valence-electron chi connectivity index (χ2n) is 9.41.